The number of halogens is 3. The Morgan fingerprint density at radius 2 is 1.88 bits per heavy atom. The maximum absolute atomic E-state index is 11.9. The summed E-state index contributed by atoms with van der Waals surface area (Å²) in [5.41, 5.74) is 0.637. The Morgan fingerprint density at radius 1 is 1.18 bits per heavy atom. The summed E-state index contributed by atoms with van der Waals surface area (Å²) < 4.78 is 44.8. The Balaban J connectivity index is 2.04. The second kappa shape index (κ2) is 4.44. The van der Waals surface area contributed by atoms with Gasteiger partial charge in [0.15, 0.2) is 6.61 Å². The minimum absolute atomic E-state index is 0.134. The first-order chi connectivity index (χ1) is 8.04. The van der Waals surface area contributed by atoms with E-state index in [-0.39, 0.29) is 5.75 Å². The van der Waals surface area contributed by atoms with Crippen molar-refractivity contribution in [1.82, 2.24) is 10.1 Å². The van der Waals surface area contributed by atoms with Crippen LogP contribution in [0.3, 0.4) is 0 Å². The van der Waals surface area contributed by atoms with Gasteiger partial charge in [-0.15, -0.1) is 0 Å². The minimum Gasteiger partial charge on any atom is -0.484 e. The van der Waals surface area contributed by atoms with Gasteiger partial charge in [0.25, 0.3) is 0 Å². The fourth-order valence-electron chi connectivity index (χ4n) is 1.16. The summed E-state index contributed by atoms with van der Waals surface area (Å²) in [7, 11) is 0. The molecule has 2 rings (SSSR count). The summed E-state index contributed by atoms with van der Waals surface area (Å²) in [5, 5.41) is 3.59. The number of rotatable bonds is 3. The highest BCUT2D eigenvalue weighted by Crippen LogP contribution is 2.21. The molecule has 0 saturated heterocycles. The van der Waals surface area contributed by atoms with Gasteiger partial charge in [0, 0.05) is 5.56 Å². The molecule has 1 aromatic heterocycles. The fourth-order valence-corrected chi connectivity index (χ4v) is 1.16. The van der Waals surface area contributed by atoms with E-state index in [4.69, 9.17) is 0 Å². The lowest BCUT2D eigenvalue weighted by Gasteiger charge is -2.08. The molecule has 17 heavy (non-hydrogen) atoms. The third-order valence-corrected chi connectivity index (χ3v) is 1.88. The first kappa shape index (κ1) is 11.4. The molecule has 0 bridgehead atoms. The zero-order chi connectivity index (χ0) is 12.3. The molecule has 0 amide bonds. The van der Waals surface area contributed by atoms with Crippen molar-refractivity contribution in [1.29, 1.82) is 0 Å². The molecule has 0 aliphatic carbocycles. The first-order valence-electron chi connectivity index (χ1n) is 4.61. The van der Waals surface area contributed by atoms with Crippen molar-refractivity contribution >= 4 is 0 Å². The Labute approximate surface area is 94.0 Å². The molecule has 0 atom stereocenters. The summed E-state index contributed by atoms with van der Waals surface area (Å²) in [6.45, 7) is -1.31. The highest BCUT2D eigenvalue weighted by Gasteiger charge is 2.28. The third kappa shape index (κ3) is 3.20. The monoisotopic (exact) mass is 244 g/mol. The Bertz CT molecular complexity index is 465. The second-order valence-corrected chi connectivity index (χ2v) is 3.18. The summed E-state index contributed by atoms with van der Waals surface area (Å²) in [5.74, 6) is 0.502. The molecule has 2 aromatic rings. The van der Waals surface area contributed by atoms with Crippen LogP contribution in [0.15, 0.2) is 35.2 Å². The van der Waals surface area contributed by atoms with Gasteiger partial charge < -0.3 is 9.26 Å². The second-order valence-electron chi connectivity index (χ2n) is 3.18. The molecule has 0 N–H and O–H groups in total. The van der Waals surface area contributed by atoms with Crippen LogP contribution in [0, 0.1) is 0 Å². The van der Waals surface area contributed by atoms with E-state index in [9.17, 15) is 13.2 Å². The van der Waals surface area contributed by atoms with Gasteiger partial charge >= 0.3 is 6.18 Å². The predicted molar refractivity (Wildman–Crippen MR) is 51.3 cm³/mol. The molecule has 7 heteroatoms. The van der Waals surface area contributed by atoms with Crippen LogP contribution < -0.4 is 4.74 Å². The van der Waals surface area contributed by atoms with Crippen LogP contribution >= 0.6 is 0 Å². The molecule has 0 saturated carbocycles. The number of alkyl halides is 3. The van der Waals surface area contributed by atoms with Crippen molar-refractivity contribution in [2.24, 2.45) is 0 Å². The average Bonchev–Trinajstić information content (AvgIpc) is 2.79. The molecule has 0 spiro atoms. The molecule has 90 valence electrons. The lowest BCUT2D eigenvalue weighted by atomic mass is 10.2. The van der Waals surface area contributed by atoms with E-state index in [2.05, 4.69) is 19.4 Å². The van der Waals surface area contributed by atoms with Crippen LogP contribution in [0.2, 0.25) is 0 Å². The molecule has 1 heterocycles. The SMILES string of the molecule is FC(F)(F)COc1ccc(-c2ncon2)cc1. The highest BCUT2D eigenvalue weighted by atomic mass is 19.4. The van der Waals surface area contributed by atoms with Crippen LogP contribution in [0.4, 0.5) is 13.2 Å². The van der Waals surface area contributed by atoms with Gasteiger partial charge in [-0.25, -0.2) is 0 Å². The molecule has 0 unspecified atom stereocenters. The van der Waals surface area contributed by atoms with Gasteiger partial charge in [-0.3, -0.25) is 0 Å². The Hall–Kier alpha value is -2.05. The molecular weight excluding hydrogens is 237 g/mol. The number of nitrogens with zero attached hydrogens (tertiary/aromatic N) is 2. The van der Waals surface area contributed by atoms with Crippen LogP contribution in [0.1, 0.15) is 0 Å². The normalized spacial score (nSPS) is 11.5. The van der Waals surface area contributed by atoms with Gasteiger partial charge in [-0.1, -0.05) is 5.16 Å². The van der Waals surface area contributed by atoms with Gasteiger partial charge in [0.05, 0.1) is 0 Å². The molecule has 0 aliphatic heterocycles. The number of hydrogen-bond acceptors (Lipinski definition) is 4. The predicted octanol–water partition coefficient (Wildman–Crippen LogP) is 2.68. The van der Waals surface area contributed by atoms with E-state index in [0.717, 1.165) is 0 Å². The van der Waals surface area contributed by atoms with E-state index < -0.39 is 12.8 Å². The molecule has 1 aromatic carbocycles. The van der Waals surface area contributed by atoms with Crippen LogP contribution in [-0.2, 0) is 0 Å². The zero-order valence-electron chi connectivity index (χ0n) is 8.44. The van der Waals surface area contributed by atoms with Gasteiger partial charge in [0.2, 0.25) is 12.2 Å². The Morgan fingerprint density at radius 3 is 2.41 bits per heavy atom. The summed E-state index contributed by atoms with van der Waals surface area (Å²) in [4.78, 5) is 3.80. The lowest BCUT2D eigenvalue weighted by molar-refractivity contribution is -0.153. The topological polar surface area (TPSA) is 48.2 Å². The minimum atomic E-state index is -4.34. The van der Waals surface area contributed by atoms with E-state index in [1.165, 1.54) is 18.5 Å². The quantitative estimate of drug-likeness (QED) is 0.832. The van der Waals surface area contributed by atoms with Crippen molar-refractivity contribution in [3.63, 3.8) is 0 Å². The summed E-state index contributed by atoms with van der Waals surface area (Å²) in [6.07, 6.45) is -3.17. The molecule has 0 aliphatic rings. The van der Waals surface area contributed by atoms with Crippen LogP contribution in [-0.4, -0.2) is 22.9 Å². The van der Waals surface area contributed by atoms with Crippen molar-refractivity contribution in [3.8, 4) is 17.1 Å². The van der Waals surface area contributed by atoms with Gasteiger partial charge in [0.1, 0.15) is 5.75 Å². The highest BCUT2D eigenvalue weighted by molar-refractivity contribution is 5.55. The smallest absolute Gasteiger partial charge is 0.422 e. The van der Waals surface area contributed by atoms with Crippen molar-refractivity contribution < 1.29 is 22.4 Å². The van der Waals surface area contributed by atoms with E-state index in [0.29, 0.717) is 11.4 Å². The average molecular weight is 244 g/mol. The van der Waals surface area contributed by atoms with Crippen molar-refractivity contribution in [3.05, 3.63) is 30.7 Å². The first-order valence-corrected chi connectivity index (χ1v) is 4.61. The zero-order valence-corrected chi connectivity index (χ0v) is 8.44. The van der Waals surface area contributed by atoms with Gasteiger partial charge in [-0.05, 0) is 24.3 Å². The maximum atomic E-state index is 11.9. The van der Waals surface area contributed by atoms with Crippen LogP contribution in [0.25, 0.3) is 11.4 Å². The Kier molecular flexibility index (Phi) is 2.99. The maximum Gasteiger partial charge on any atom is 0.422 e. The summed E-state index contributed by atoms with van der Waals surface area (Å²) >= 11 is 0. The number of hydrogen-bond donors (Lipinski definition) is 0. The largest absolute Gasteiger partial charge is 0.484 e. The van der Waals surface area contributed by atoms with E-state index in [1.807, 2.05) is 0 Å². The molecule has 0 radical (unpaired) electrons. The number of aromatic nitrogens is 2. The summed E-state index contributed by atoms with van der Waals surface area (Å²) in [6, 6.07) is 5.93. The fraction of sp³-hybridized carbons (Fsp3) is 0.200. The molecule has 4 nitrogen and oxygen atoms in total. The third-order valence-electron chi connectivity index (χ3n) is 1.88. The van der Waals surface area contributed by atoms with Gasteiger partial charge in [-0.2, -0.15) is 18.2 Å². The standard InChI is InChI=1S/C10H7F3N2O2/c11-10(12,13)5-16-8-3-1-7(2-4-8)9-14-6-17-15-9/h1-4,6H,5H2. The molecular formula is C10H7F3N2O2. The van der Waals surface area contributed by atoms with E-state index in [1.54, 1.807) is 12.1 Å². The number of ether oxygens (including phenoxy) is 1. The molecule has 0 fully saturated rings. The lowest BCUT2D eigenvalue weighted by Crippen LogP contribution is -2.19. The number of benzene rings is 1. The van der Waals surface area contributed by atoms with Crippen molar-refractivity contribution in [2.75, 3.05) is 6.61 Å². The van der Waals surface area contributed by atoms with Crippen molar-refractivity contribution in [2.45, 2.75) is 6.18 Å². The van der Waals surface area contributed by atoms with E-state index >= 15 is 0 Å². The van der Waals surface area contributed by atoms with Crippen LogP contribution in [0.5, 0.6) is 5.75 Å².